The van der Waals surface area contributed by atoms with Crippen LogP contribution < -0.4 is 4.72 Å². The molecule has 1 atom stereocenters. The average Bonchev–Trinajstić information content (AvgIpc) is 3.20. The van der Waals surface area contributed by atoms with Gasteiger partial charge < -0.3 is 0 Å². The topological polar surface area (TPSA) is 95.7 Å². The molecule has 0 amide bonds. The molecule has 7 heteroatoms. The third-order valence-electron chi connectivity index (χ3n) is 3.19. The second-order valence-electron chi connectivity index (χ2n) is 5.07. The summed E-state index contributed by atoms with van der Waals surface area (Å²) < 4.78 is 26.8. The lowest BCUT2D eigenvalue weighted by Crippen LogP contribution is -2.33. The van der Waals surface area contributed by atoms with E-state index in [1.807, 2.05) is 13.0 Å². The molecular weight excluding hydrogens is 276 g/mol. The van der Waals surface area contributed by atoms with Gasteiger partial charge in [-0.3, -0.25) is 0 Å². The summed E-state index contributed by atoms with van der Waals surface area (Å²) in [6, 6.07) is 3.39. The van der Waals surface area contributed by atoms with Crippen molar-refractivity contribution in [3.8, 4) is 6.07 Å². The number of nitriles is 1. The van der Waals surface area contributed by atoms with Gasteiger partial charge in [0.05, 0.1) is 17.9 Å². The summed E-state index contributed by atoms with van der Waals surface area (Å²) in [5.74, 6) is 0.786. The monoisotopic (exact) mass is 294 g/mol. The Morgan fingerprint density at radius 2 is 2.30 bits per heavy atom. The van der Waals surface area contributed by atoms with Gasteiger partial charge in [-0.2, -0.15) is 5.26 Å². The van der Waals surface area contributed by atoms with Crippen LogP contribution in [0, 0.1) is 24.2 Å². The molecule has 1 aliphatic rings. The average molecular weight is 294 g/mol. The highest BCUT2D eigenvalue weighted by molar-refractivity contribution is 7.89. The highest BCUT2D eigenvalue weighted by Gasteiger charge is 2.36. The quantitative estimate of drug-likeness (QED) is 0.768. The van der Waals surface area contributed by atoms with E-state index in [0.29, 0.717) is 12.2 Å². The molecule has 108 valence electrons. The molecule has 1 heterocycles. The fraction of sp³-hybridized carbons (Fsp3) is 0.615. The number of aromatic nitrogens is 2. The van der Waals surface area contributed by atoms with Crippen LogP contribution in [0.4, 0.5) is 0 Å². The van der Waals surface area contributed by atoms with E-state index < -0.39 is 10.0 Å². The van der Waals surface area contributed by atoms with Crippen LogP contribution in [0.15, 0.2) is 12.3 Å². The van der Waals surface area contributed by atoms with Gasteiger partial charge in [-0.05, 0) is 38.2 Å². The van der Waals surface area contributed by atoms with Crippen molar-refractivity contribution in [2.24, 2.45) is 5.92 Å². The molecule has 1 unspecified atom stereocenters. The summed E-state index contributed by atoms with van der Waals surface area (Å²) in [5, 5.41) is 8.47. The van der Waals surface area contributed by atoms with Crippen LogP contribution in [0.5, 0.6) is 0 Å². The van der Waals surface area contributed by atoms with E-state index in [4.69, 9.17) is 5.26 Å². The van der Waals surface area contributed by atoms with Crippen molar-refractivity contribution in [1.29, 1.82) is 5.26 Å². The van der Waals surface area contributed by atoms with Crippen LogP contribution in [0.25, 0.3) is 0 Å². The lowest BCUT2D eigenvalue weighted by atomic mass is 10.2. The van der Waals surface area contributed by atoms with Crippen LogP contribution in [0.1, 0.15) is 43.2 Å². The highest BCUT2D eigenvalue weighted by Crippen LogP contribution is 2.40. The number of nitrogens with one attached hydrogen (secondary N) is 1. The lowest BCUT2D eigenvalue weighted by molar-refractivity contribution is 0.509. The van der Waals surface area contributed by atoms with Crippen molar-refractivity contribution < 1.29 is 8.42 Å². The molecule has 0 saturated heterocycles. The molecule has 6 nitrogen and oxygen atoms in total. The van der Waals surface area contributed by atoms with E-state index in [1.165, 1.54) is 0 Å². The number of hydrogen-bond donors (Lipinski definition) is 1. The molecule has 1 N–H and O–H groups in total. The van der Waals surface area contributed by atoms with Crippen molar-refractivity contribution in [1.82, 2.24) is 14.7 Å². The number of aryl methyl sites for hydroxylation is 1. The zero-order valence-corrected chi connectivity index (χ0v) is 12.2. The van der Waals surface area contributed by atoms with Gasteiger partial charge in [-0.1, -0.05) is 0 Å². The smallest absolute Gasteiger partial charge is 0.212 e. The Hall–Kier alpha value is -1.52. The number of rotatable bonds is 7. The first-order chi connectivity index (χ1) is 9.52. The van der Waals surface area contributed by atoms with E-state index in [-0.39, 0.29) is 24.1 Å². The van der Waals surface area contributed by atoms with Gasteiger partial charge in [0.2, 0.25) is 10.0 Å². The second kappa shape index (κ2) is 6.29. The van der Waals surface area contributed by atoms with Crippen molar-refractivity contribution >= 4 is 10.0 Å². The fourth-order valence-corrected chi connectivity index (χ4v) is 3.33. The zero-order valence-electron chi connectivity index (χ0n) is 11.4. The second-order valence-corrected chi connectivity index (χ2v) is 6.94. The molecule has 1 aliphatic carbocycles. The molecule has 20 heavy (non-hydrogen) atoms. The number of nitrogens with zero attached hydrogens (tertiary/aromatic N) is 3. The van der Waals surface area contributed by atoms with Gasteiger partial charge in [-0.25, -0.2) is 23.1 Å². The number of hydrogen-bond acceptors (Lipinski definition) is 5. The standard InChI is InChI=1S/C13H18N4O2S/c1-10-6-8-15-13(16-10)12(11-4-5-11)17-20(18,19)9-3-2-7-14/h6,8,11-12,17H,2-5,9H2,1H3. The summed E-state index contributed by atoms with van der Waals surface area (Å²) in [4.78, 5) is 8.52. The summed E-state index contributed by atoms with van der Waals surface area (Å²) in [7, 11) is -3.40. The number of unbranched alkanes of at least 4 members (excludes halogenated alkanes) is 1. The van der Waals surface area contributed by atoms with Gasteiger partial charge >= 0.3 is 0 Å². The highest BCUT2D eigenvalue weighted by atomic mass is 32.2. The maximum Gasteiger partial charge on any atom is 0.212 e. The Kier molecular flexibility index (Phi) is 4.68. The Morgan fingerprint density at radius 3 is 2.90 bits per heavy atom. The normalized spacial score (nSPS) is 16.6. The zero-order chi connectivity index (χ0) is 14.6. The predicted molar refractivity (Wildman–Crippen MR) is 74.0 cm³/mol. The lowest BCUT2D eigenvalue weighted by Gasteiger charge is -2.17. The molecule has 1 aromatic heterocycles. The Bertz CT molecular complexity index is 605. The molecule has 0 radical (unpaired) electrons. The van der Waals surface area contributed by atoms with E-state index in [0.717, 1.165) is 18.5 Å². The molecule has 0 spiro atoms. The van der Waals surface area contributed by atoms with Crippen LogP contribution in [0.3, 0.4) is 0 Å². The van der Waals surface area contributed by atoms with E-state index in [9.17, 15) is 8.42 Å². The van der Waals surface area contributed by atoms with E-state index >= 15 is 0 Å². The number of sulfonamides is 1. The van der Waals surface area contributed by atoms with E-state index in [1.54, 1.807) is 12.3 Å². The molecule has 1 fully saturated rings. The summed E-state index contributed by atoms with van der Waals surface area (Å²) >= 11 is 0. The minimum Gasteiger partial charge on any atom is -0.240 e. The van der Waals surface area contributed by atoms with Crippen LogP contribution in [-0.4, -0.2) is 24.1 Å². The van der Waals surface area contributed by atoms with Gasteiger partial charge in [0.15, 0.2) is 0 Å². The summed E-state index contributed by atoms with van der Waals surface area (Å²) in [5.41, 5.74) is 0.823. The molecule has 1 saturated carbocycles. The van der Waals surface area contributed by atoms with Gasteiger partial charge in [0.1, 0.15) is 5.82 Å². The van der Waals surface area contributed by atoms with Crippen LogP contribution in [-0.2, 0) is 10.0 Å². The molecule has 2 rings (SSSR count). The van der Waals surface area contributed by atoms with Crippen molar-refractivity contribution in [2.45, 2.75) is 38.6 Å². The first kappa shape index (κ1) is 14.9. The fourth-order valence-electron chi connectivity index (χ4n) is 2.00. The summed E-state index contributed by atoms with van der Waals surface area (Å²) in [6.45, 7) is 1.86. The Balaban J connectivity index is 2.09. The van der Waals surface area contributed by atoms with Gasteiger partial charge in [0.25, 0.3) is 0 Å². The first-order valence-electron chi connectivity index (χ1n) is 6.68. The van der Waals surface area contributed by atoms with Crippen LogP contribution in [0.2, 0.25) is 0 Å². The molecular formula is C13H18N4O2S. The molecule has 1 aromatic rings. The largest absolute Gasteiger partial charge is 0.240 e. The minimum atomic E-state index is -3.40. The Morgan fingerprint density at radius 1 is 1.55 bits per heavy atom. The Labute approximate surface area is 119 Å². The molecule has 0 bridgehead atoms. The third-order valence-corrected chi connectivity index (χ3v) is 4.63. The maximum atomic E-state index is 12.0. The SMILES string of the molecule is Cc1ccnc(C(NS(=O)(=O)CCCC#N)C2CC2)n1. The van der Waals surface area contributed by atoms with Crippen molar-refractivity contribution in [3.05, 3.63) is 23.8 Å². The summed E-state index contributed by atoms with van der Waals surface area (Å²) in [6.07, 6.45) is 4.22. The van der Waals surface area contributed by atoms with Gasteiger partial charge in [-0.15, -0.1) is 0 Å². The minimum absolute atomic E-state index is 0.0321. The third kappa shape index (κ3) is 4.25. The first-order valence-corrected chi connectivity index (χ1v) is 8.33. The van der Waals surface area contributed by atoms with Crippen LogP contribution >= 0.6 is 0 Å². The molecule has 0 aliphatic heterocycles. The molecule has 0 aromatic carbocycles. The predicted octanol–water partition coefficient (Wildman–Crippen LogP) is 1.46. The van der Waals surface area contributed by atoms with E-state index in [2.05, 4.69) is 14.7 Å². The van der Waals surface area contributed by atoms with Crippen molar-refractivity contribution in [2.75, 3.05) is 5.75 Å². The van der Waals surface area contributed by atoms with Crippen molar-refractivity contribution in [3.63, 3.8) is 0 Å². The maximum absolute atomic E-state index is 12.0. The van der Waals surface area contributed by atoms with Gasteiger partial charge in [0, 0.05) is 18.3 Å².